The molecule has 6 nitrogen and oxygen atoms in total. The summed E-state index contributed by atoms with van der Waals surface area (Å²) >= 11 is 0. The fourth-order valence-electron chi connectivity index (χ4n) is 1.88. The van der Waals surface area contributed by atoms with Crippen molar-refractivity contribution in [2.75, 3.05) is 7.05 Å². The molecule has 0 aliphatic heterocycles. The first-order valence-electron chi connectivity index (χ1n) is 5.97. The largest absolute Gasteiger partial charge is 0.503 e. The third kappa shape index (κ3) is 3.35. The van der Waals surface area contributed by atoms with Crippen LogP contribution < -0.4 is 11.2 Å². The maximum absolute atomic E-state index is 13.3. The van der Waals surface area contributed by atoms with E-state index in [9.17, 15) is 27.9 Å². The van der Waals surface area contributed by atoms with Crippen LogP contribution in [0.25, 0.3) is 0 Å². The molecule has 1 aromatic rings. The van der Waals surface area contributed by atoms with Crippen LogP contribution in [-0.4, -0.2) is 40.2 Å². The van der Waals surface area contributed by atoms with Gasteiger partial charge in [-0.25, -0.2) is 0 Å². The third-order valence-corrected chi connectivity index (χ3v) is 3.31. The summed E-state index contributed by atoms with van der Waals surface area (Å²) in [6.45, 7) is 2.54. The van der Waals surface area contributed by atoms with Gasteiger partial charge >= 0.3 is 6.18 Å². The van der Waals surface area contributed by atoms with Gasteiger partial charge in [-0.3, -0.25) is 14.5 Å². The summed E-state index contributed by atoms with van der Waals surface area (Å²) in [5.74, 6) is -1.75. The highest BCUT2D eigenvalue weighted by Crippen LogP contribution is 2.37. The number of amides is 1. The minimum absolute atomic E-state index is 0.0512. The zero-order valence-electron chi connectivity index (χ0n) is 11.7. The highest BCUT2D eigenvalue weighted by molar-refractivity contribution is 5.79. The fourth-order valence-corrected chi connectivity index (χ4v) is 1.88. The molecular formula is C12H16F3N3O3. The standard InChI is InChI=1S/C12H16F3N3O3/c1-5-8(19)9(20)7(4-17-5)10(12(13,14)15)18(3)6(2)11(16)21/h4,6,10,19H,1-3H3,(H2,16,21)(H,17,20)/t6-,10?/m0/s1. The molecule has 0 fully saturated rings. The second kappa shape index (κ2) is 5.76. The summed E-state index contributed by atoms with van der Waals surface area (Å²) in [5.41, 5.74) is 3.21. The second-order valence-corrected chi connectivity index (χ2v) is 4.73. The van der Waals surface area contributed by atoms with Crippen LogP contribution in [0, 0.1) is 6.92 Å². The van der Waals surface area contributed by atoms with Crippen LogP contribution in [0.4, 0.5) is 13.2 Å². The first kappa shape index (κ1) is 17.0. The van der Waals surface area contributed by atoms with Gasteiger partial charge in [-0.2, -0.15) is 13.2 Å². The number of aromatic nitrogens is 1. The van der Waals surface area contributed by atoms with Gasteiger partial charge in [0.1, 0.15) is 6.04 Å². The van der Waals surface area contributed by atoms with Crippen molar-refractivity contribution in [3.05, 3.63) is 27.7 Å². The highest BCUT2D eigenvalue weighted by atomic mass is 19.4. The molecule has 118 valence electrons. The number of nitrogens with zero attached hydrogens (tertiary/aromatic N) is 1. The molecule has 0 aromatic carbocycles. The number of rotatable bonds is 4. The molecule has 9 heteroatoms. The number of nitrogens with two attached hydrogens (primary N) is 1. The molecule has 1 aromatic heterocycles. The Kier molecular flexibility index (Phi) is 4.67. The maximum atomic E-state index is 13.3. The summed E-state index contributed by atoms with van der Waals surface area (Å²) in [6.07, 6.45) is -3.95. The summed E-state index contributed by atoms with van der Waals surface area (Å²) in [7, 11) is 1.03. The third-order valence-electron chi connectivity index (χ3n) is 3.31. The lowest BCUT2D eigenvalue weighted by Crippen LogP contribution is -2.48. The number of halogens is 3. The maximum Gasteiger partial charge on any atom is 0.408 e. The van der Waals surface area contributed by atoms with E-state index < -0.39 is 40.9 Å². The Morgan fingerprint density at radius 3 is 2.43 bits per heavy atom. The molecule has 0 radical (unpaired) electrons. The van der Waals surface area contributed by atoms with Gasteiger partial charge in [0, 0.05) is 11.8 Å². The van der Waals surface area contributed by atoms with Crippen LogP contribution in [0.2, 0.25) is 0 Å². The Morgan fingerprint density at radius 1 is 1.48 bits per heavy atom. The number of carbonyl (C=O) groups excluding carboxylic acids is 1. The Hall–Kier alpha value is -2.03. The smallest absolute Gasteiger partial charge is 0.408 e. The van der Waals surface area contributed by atoms with Crippen molar-refractivity contribution in [1.29, 1.82) is 0 Å². The number of hydrogen-bond donors (Lipinski definition) is 3. The molecule has 0 spiro atoms. The van der Waals surface area contributed by atoms with E-state index in [1.54, 1.807) is 0 Å². The van der Waals surface area contributed by atoms with Crippen molar-refractivity contribution in [3.63, 3.8) is 0 Å². The normalized spacial score (nSPS) is 15.0. The number of H-pyrrole nitrogens is 1. The minimum atomic E-state index is -4.83. The average molecular weight is 307 g/mol. The molecule has 0 aliphatic carbocycles. The van der Waals surface area contributed by atoms with Gasteiger partial charge in [-0.1, -0.05) is 0 Å². The summed E-state index contributed by atoms with van der Waals surface area (Å²) in [4.78, 5) is 26.0. The highest BCUT2D eigenvalue weighted by Gasteiger charge is 2.47. The topological polar surface area (TPSA) is 99.4 Å². The number of hydrogen-bond acceptors (Lipinski definition) is 4. The number of carbonyl (C=O) groups is 1. The number of likely N-dealkylation sites (N-methyl/N-ethyl adjacent to an activating group) is 1. The first-order valence-corrected chi connectivity index (χ1v) is 5.97. The van der Waals surface area contributed by atoms with Crippen LogP contribution >= 0.6 is 0 Å². The van der Waals surface area contributed by atoms with Crippen LogP contribution in [0.5, 0.6) is 5.75 Å². The van der Waals surface area contributed by atoms with Crippen molar-refractivity contribution in [1.82, 2.24) is 9.88 Å². The van der Waals surface area contributed by atoms with E-state index >= 15 is 0 Å². The summed E-state index contributed by atoms with van der Waals surface area (Å²) in [6, 6.07) is -3.62. The first-order chi connectivity index (χ1) is 9.48. The lowest BCUT2D eigenvalue weighted by molar-refractivity contribution is -0.188. The van der Waals surface area contributed by atoms with Crippen molar-refractivity contribution in [3.8, 4) is 5.75 Å². The van der Waals surface area contributed by atoms with Gasteiger partial charge in [-0.05, 0) is 20.9 Å². The molecular weight excluding hydrogens is 291 g/mol. The SMILES string of the molecule is Cc1[nH]cc(C(N(C)[C@@H](C)C(N)=O)C(F)(F)F)c(=O)c1O. The number of aromatic amines is 1. The van der Waals surface area contributed by atoms with E-state index in [1.807, 2.05) is 0 Å². The number of alkyl halides is 3. The molecule has 0 saturated heterocycles. The number of nitrogens with one attached hydrogen (secondary N) is 1. The Morgan fingerprint density at radius 2 is 2.00 bits per heavy atom. The van der Waals surface area contributed by atoms with Crippen molar-refractivity contribution >= 4 is 5.91 Å². The molecule has 1 rings (SSSR count). The van der Waals surface area contributed by atoms with E-state index in [2.05, 4.69) is 4.98 Å². The Balaban J connectivity index is 3.45. The molecule has 1 amide bonds. The van der Waals surface area contributed by atoms with Crippen molar-refractivity contribution in [2.24, 2.45) is 5.73 Å². The van der Waals surface area contributed by atoms with Crippen LogP contribution in [0.15, 0.2) is 11.0 Å². The molecule has 0 saturated carbocycles. The molecule has 1 heterocycles. The number of aromatic hydroxyl groups is 1. The molecule has 0 bridgehead atoms. The lowest BCUT2D eigenvalue weighted by atomic mass is 10.0. The van der Waals surface area contributed by atoms with Gasteiger partial charge in [0.25, 0.3) is 0 Å². The van der Waals surface area contributed by atoms with Gasteiger partial charge in [0.2, 0.25) is 11.3 Å². The summed E-state index contributed by atoms with van der Waals surface area (Å²) < 4.78 is 39.8. The number of pyridine rings is 1. The van der Waals surface area contributed by atoms with E-state index in [4.69, 9.17) is 5.73 Å². The van der Waals surface area contributed by atoms with E-state index in [1.165, 1.54) is 13.8 Å². The van der Waals surface area contributed by atoms with Crippen LogP contribution in [0.3, 0.4) is 0 Å². The second-order valence-electron chi connectivity index (χ2n) is 4.73. The van der Waals surface area contributed by atoms with E-state index in [0.717, 1.165) is 13.2 Å². The van der Waals surface area contributed by atoms with E-state index in [0.29, 0.717) is 4.90 Å². The monoisotopic (exact) mass is 307 g/mol. The van der Waals surface area contributed by atoms with Crippen LogP contribution in [-0.2, 0) is 4.79 Å². The zero-order valence-corrected chi connectivity index (χ0v) is 11.7. The summed E-state index contributed by atoms with van der Waals surface area (Å²) in [5, 5.41) is 9.51. The number of aryl methyl sites for hydroxylation is 1. The Labute approximate surface area is 118 Å². The van der Waals surface area contributed by atoms with Crippen molar-refractivity contribution < 1.29 is 23.1 Å². The quantitative estimate of drug-likeness (QED) is 0.766. The minimum Gasteiger partial charge on any atom is -0.503 e. The van der Waals surface area contributed by atoms with Crippen LogP contribution in [0.1, 0.15) is 24.2 Å². The Bertz CT molecular complexity index is 598. The van der Waals surface area contributed by atoms with Gasteiger partial charge in [0.05, 0.1) is 11.7 Å². The lowest BCUT2D eigenvalue weighted by Gasteiger charge is -2.32. The fraction of sp³-hybridized carbons (Fsp3) is 0.500. The van der Waals surface area contributed by atoms with Gasteiger partial charge in [-0.15, -0.1) is 0 Å². The average Bonchev–Trinajstić information content (AvgIpc) is 2.36. The zero-order chi connectivity index (χ0) is 16.5. The predicted octanol–water partition coefficient (Wildman–Crippen LogP) is 0.798. The number of primary amides is 1. The van der Waals surface area contributed by atoms with Gasteiger partial charge < -0.3 is 15.8 Å². The van der Waals surface area contributed by atoms with Gasteiger partial charge in [0.15, 0.2) is 5.75 Å². The predicted molar refractivity (Wildman–Crippen MR) is 68.7 cm³/mol. The molecule has 0 aliphatic rings. The van der Waals surface area contributed by atoms with Crippen molar-refractivity contribution in [2.45, 2.75) is 32.1 Å². The molecule has 2 atom stereocenters. The molecule has 4 N–H and O–H groups in total. The molecule has 1 unspecified atom stereocenters. The molecule has 21 heavy (non-hydrogen) atoms. The van der Waals surface area contributed by atoms with E-state index in [-0.39, 0.29) is 5.69 Å².